The predicted octanol–water partition coefficient (Wildman–Crippen LogP) is 0.358. The Bertz CT molecular complexity index is 226. The van der Waals surface area contributed by atoms with E-state index < -0.39 is 0 Å². The molecule has 3 N–H and O–H groups in total. The summed E-state index contributed by atoms with van der Waals surface area (Å²) >= 11 is 0. The lowest BCUT2D eigenvalue weighted by Gasteiger charge is -2.39. The van der Waals surface area contributed by atoms with Crippen molar-refractivity contribution in [3.05, 3.63) is 0 Å². The maximum absolute atomic E-state index is 11.6. The third-order valence-electron chi connectivity index (χ3n) is 3.13. The van der Waals surface area contributed by atoms with Gasteiger partial charge in [-0.2, -0.15) is 0 Å². The minimum Gasteiger partial charge on any atom is -0.383 e. The molecule has 0 fully saturated rings. The molecule has 0 saturated heterocycles. The average molecular weight is 231 g/mol. The molecular weight excluding hydrogens is 206 g/mol. The van der Waals surface area contributed by atoms with Gasteiger partial charge in [-0.15, -0.1) is 0 Å². The summed E-state index contributed by atoms with van der Waals surface area (Å²) < 4.78 is 5.05. The number of hydrogen-bond acceptors (Lipinski definition) is 4. The first-order valence-corrected chi connectivity index (χ1v) is 5.47. The summed E-state index contributed by atoms with van der Waals surface area (Å²) in [5.41, 5.74) is 2.27. The van der Waals surface area contributed by atoms with Crippen LogP contribution in [0.1, 0.15) is 27.7 Å². The Kier molecular flexibility index (Phi) is 5.92. The summed E-state index contributed by atoms with van der Waals surface area (Å²) in [6.45, 7) is 8.83. The lowest BCUT2D eigenvalue weighted by molar-refractivity contribution is -0.129. The monoisotopic (exact) mass is 231 g/mol. The van der Waals surface area contributed by atoms with Crippen LogP contribution in [0.25, 0.3) is 0 Å². The van der Waals surface area contributed by atoms with E-state index in [2.05, 4.69) is 33.1 Å². The molecule has 0 rings (SSSR count). The smallest absolute Gasteiger partial charge is 0.253 e. The van der Waals surface area contributed by atoms with Crippen molar-refractivity contribution in [2.75, 3.05) is 20.8 Å². The van der Waals surface area contributed by atoms with E-state index in [1.807, 2.05) is 11.9 Å². The Morgan fingerprint density at radius 2 is 2.00 bits per heavy atom. The van der Waals surface area contributed by atoms with E-state index in [-0.39, 0.29) is 23.4 Å². The second-order valence-electron chi connectivity index (χ2n) is 5.19. The molecule has 0 bridgehead atoms. The van der Waals surface area contributed by atoms with E-state index in [0.717, 1.165) is 0 Å². The SMILES string of the molecule is COCC(C(=O)NN)N(C)C(C)C(C)(C)C. The molecule has 0 aromatic rings. The van der Waals surface area contributed by atoms with Crippen LogP contribution < -0.4 is 11.3 Å². The molecule has 0 heterocycles. The highest BCUT2D eigenvalue weighted by Gasteiger charge is 2.31. The Morgan fingerprint density at radius 3 is 2.31 bits per heavy atom. The lowest BCUT2D eigenvalue weighted by Crippen LogP contribution is -2.55. The van der Waals surface area contributed by atoms with Crippen molar-refractivity contribution < 1.29 is 9.53 Å². The maximum atomic E-state index is 11.6. The zero-order valence-electron chi connectivity index (χ0n) is 11.2. The van der Waals surface area contributed by atoms with Crippen molar-refractivity contribution in [3.63, 3.8) is 0 Å². The molecule has 0 spiro atoms. The number of methoxy groups -OCH3 is 1. The molecule has 16 heavy (non-hydrogen) atoms. The molecule has 96 valence electrons. The van der Waals surface area contributed by atoms with Crippen LogP contribution in [0, 0.1) is 5.41 Å². The number of likely N-dealkylation sites (N-methyl/N-ethyl adjacent to an activating group) is 1. The van der Waals surface area contributed by atoms with E-state index in [0.29, 0.717) is 6.61 Å². The number of nitrogens with one attached hydrogen (secondary N) is 1. The van der Waals surface area contributed by atoms with Gasteiger partial charge >= 0.3 is 0 Å². The molecule has 0 saturated carbocycles. The summed E-state index contributed by atoms with van der Waals surface area (Å²) in [4.78, 5) is 13.6. The Balaban J connectivity index is 4.73. The number of nitrogens with zero attached hydrogens (tertiary/aromatic N) is 1. The first kappa shape index (κ1) is 15.3. The van der Waals surface area contributed by atoms with Gasteiger partial charge in [-0.05, 0) is 19.4 Å². The van der Waals surface area contributed by atoms with Crippen molar-refractivity contribution in [2.24, 2.45) is 11.3 Å². The molecule has 2 atom stereocenters. The molecule has 0 radical (unpaired) electrons. The normalized spacial score (nSPS) is 16.0. The fourth-order valence-corrected chi connectivity index (χ4v) is 1.51. The number of rotatable bonds is 5. The second-order valence-corrected chi connectivity index (χ2v) is 5.19. The van der Waals surface area contributed by atoms with Crippen molar-refractivity contribution >= 4 is 5.91 Å². The summed E-state index contributed by atoms with van der Waals surface area (Å²) in [5, 5.41) is 0. The number of carbonyl (C=O) groups excluding carboxylic acids is 1. The molecule has 0 aliphatic heterocycles. The van der Waals surface area contributed by atoms with Crippen molar-refractivity contribution in [3.8, 4) is 0 Å². The third-order valence-corrected chi connectivity index (χ3v) is 3.13. The zero-order valence-corrected chi connectivity index (χ0v) is 11.2. The molecule has 1 amide bonds. The highest BCUT2D eigenvalue weighted by atomic mass is 16.5. The molecule has 0 aliphatic carbocycles. The van der Waals surface area contributed by atoms with E-state index in [1.165, 1.54) is 0 Å². The molecule has 5 heteroatoms. The number of ether oxygens (including phenoxy) is 1. The summed E-state index contributed by atoms with van der Waals surface area (Å²) in [5.74, 6) is 4.95. The van der Waals surface area contributed by atoms with Gasteiger partial charge in [0.1, 0.15) is 6.04 Å². The van der Waals surface area contributed by atoms with E-state index in [1.54, 1.807) is 7.11 Å². The van der Waals surface area contributed by atoms with Crippen molar-refractivity contribution in [2.45, 2.75) is 39.8 Å². The fraction of sp³-hybridized carbons (Fsp3) is 0.909. The predicted molar refractivity (Wildman–Crippen MR) is 64.7 cm³/mol. The standard InChI is InChI=1S/C11H25N3O2/c1-8(11(2,3)4)14(5)9(7-16-6)10(15)13-12/h8-9H,7,12H2,1-6H3,(H,13,15). The van der Waals surface area contributed by atoms with Gasteiger partial charge in [-0.1, -0.05) is 20.8 Å². The van der Waals surface area contributed by atoms with Crippen LogP contribution in [-0.2, 0) is 9.53 Å². The maximum Gasteiger partial charge on any atom is 0.253 e. The van der Waals surface area contributed by atoms with Crippen molar-refractivity contribution in [1.29, 1.82) is 0 Å². The quantitative estimate of drug-likeness (QED) is 0.407. The van der Waals surface area contributed by atoms with Gasteiger partial charge in [-0.25, -0.2) is 5.84 Å². The van der Waals surface area contributed by atoms with Gasteiger partial charge in [0.05, 0.1) is 6.61 Å². The van der Waals surface area contributed by atoms with Gasteiger partial charge in [0.2, 0.25) is 0 Å². The van der Waals surface area contributed by atoms with Gasteiger partial charge in [0.25, 0.3) is 5.91 Å². The van der Waals surface area contributed by atoms with E-state index in [9.17, 15) is 4.79 Å². The van der Waals surface area contributed by atoms with Crippen LogP contribution in [0.5, 0.6) is 0 Å². The number of carbonyl (C=O) groups is 1. The van der Waals surface area contributed by atoms with Crippen LogP contribution >= 0.6 is 0 Å². The number of hydrogen-bond donors (Lipinski definition) is 2. The Hall–Kier alpha value is -0.650. The van der Waals surface area contributed by atoms with Crippen LogP contribution in [0.2, 0.25) is 0 Å². The zero-order chi connectivity index (χ0) is 12.9. The lowest BCUT2D eigenvalue weighted by atomic mass is 9.86. The summed E-state index contributed by atoms with van der Waals surface area (Å²) in [7, 11) is 3.49. The van der Waals surface area contributed by atoms with Crippen LogP contribution in [0.3, 0.4) is 0 Å². The molecule has 5 nitrogen and oxygen atoms in total. The highest BCUT2D eigenvalue weighted by molar-refractivity contribution is 5.81. The second kappa shape index (κ2) is 6.18. The van der Waals surface area contributed by atoms with E-state index in [4.69, 9.17) is 10.6 Å². The van der Waals surface area contributed by atoms with E-state index >= 15 is 0 Å². The van der Waals surface area contributed by atoms with Crippen molar-refractivity contribution in [1.82, 2.24) is 10.3 Å². The number of nitrogens with two attached hydrogens (primary N) is 1. The van der Waals surface area contributed by atoms with Crippen LogP contribution in [0.15, 0.2) is 0 Å². The Morgan fingerprint density at radius 1 is 1.50 bits per heavy atom. The van der Waals surface area contributed by atoms with Gasteiger partial charge in [0, 0.05) is 13.2 Å². The van der Waals surface area contributed by atoms with Gasteiger partial charge in [0.15, 0.2) is 0 Å². The first-order valence-electron chi connectivity index (χ1n) is 5.47. The third kappa shape index (κ3) is 4.08. The Labute approximate surface area is 98.3 Å². The van der Waals surface area contributed by atoms with Crippen LogP contribution in [0.4, 0.5) is 0 Å². The fourth-order valence-electron chi connectivity index (χ4n) is 1.51. The topological polar surface area (TPSA) is 67.6 Å². The molecule has 2 unspecified atom stereocenters. The van der Waals surface area contributed by atoms with Crippen LogP contribution in [-0.4, -0.2) is 43.7 Å². The number of amides is 1. The number of hydrazine groups is 1. The average Bonchev–Trinajstić information content (AvgIpc) is 2.21. The van der Waals surface area contributed by atoms with Gasteiger partial charge in [-0.3, -0.25) is 15.1 Å². The molecule has 0 aromatic heterocycles. The summed E-state index contributed by atoms with van der Waals surface area (Å²) in [6, 6.07) is -0.117. The van der Waals surface area contributed by atoms with Gasteiger partial charge < -0.3 is 4.74 Å². The first-order chi connectivity index (χ1) is 7.25. The molecule has 0 aliphatic rings. The largest absolute Gasteiger partial charge is 0.383 e. The summed E-state index contributed by atoms with van der Waals surface area (Å²) in [6.07, 6.45) is 0. The molecular formula is C11H25N3O2. The minimum atomic E-state index is -0.357. The minimum absolute atomic E-state index is 0.0929. The molecule has 0 aromatic carbocycles. The highest BCUT2D eigenvalue weighted by Crippen LogP contribution is 2.24.